The van der Waals surface area contributed by atoms with E-state index in [4.69, 9.17) is 9.26 Å². The maximum atomic E-state index is 6.71. The van der Waals surface area contributed by atoms with Crippen molar-refractivity contribution in [1.82, 2.24) is 0 Å². The predicted octanol–water partition coefficient (Wildman–Crippen LogP) is 6.41. The molecule has 146 valence electrons. The van der Waals surface area contributed by atoms with E-state index < -0.39 is 7.49 Å². The molecule has 0 aromatic heterocycles. The zero-order chi connectivity index (χ0) is 18.7. The summed E-state index contributed by atoms with van der Waals surface area (Å²) in [4.78, 5) is 0. The van der Waals surface area contributed by atoms with Gasteiger partial charge >= 0.3 is 164 Å². The normalized spacial score (nSPS) is 25.7. The Morgan fingerprint density at radius 2 is 1.78 bits per heavy atom. The first-order chi connectivity index (χ1) is 13.1. The Balaban J connectivity index is 1.45. The van der Waals surface area contributed by atoms with Gasteiger partial charge in [0.1, 0.15) is 0 Å². The Kier molecular flexibility index (Phi) is 5.58. The van der Waals surface area contributed by atoms with Crippen molar-refractivity contribution in [1.29, 1.82) is 0 Å². The molecule has 2 aromatic rings. The van der Waals surface area contributed by atoms with E-state index in [1.165, 1.54) is 49.7 Å². The Hall–Kier alpha value is -1.37. The molecule has 0 radical (unpaired) electrons. The van der Waals surface area contributed by atoms with Crippen LogP contribution in [-0.4, -0.2) is 18.9 Å². The van der Waals surface area contributed by atoms with Gasteiger partial charge < -0.3 is 0 Å². The summed E-state index contributed by atoms with van der Waals surface area (Å²) >= 11 is 0. The van der Waals surface area contributed by atoms with Crippen LogP contribution in [0.15, 0.2) is 54.6 Å². The molecular formula is C24H33O2P. The minimum atomic E-state index is -1.81. The van der Waals surface area contributed by atoms with Crippen LogP contribution in [0.5, 0.6) is 11.5 Å². The fraction of sp³-hybridized carbons (Fsp3) is 0.500. The molecule has 27 heavy (non-hydrogen) atoms. The first-order valence-electron chi connectivity index (χ1n) is 10.6. The summed E-state index contributed by atoms with van der Waals surface area (Å²) in [6.07, 6.45) is 9.28. The monoisotopic (exact) mass is 384 g/mol. The Bertz CT molecular complexity index is 733. The molecule has 2 nitrogen and oxygen atoms in total. The van der Waals surface area contributed by atoms with Gasteiger partial charge in [0.15, 0.2) is 0 Å². The zero-order valence-electron chi connectivity index (χ0n) is 16.7. The number of para-hydroxylation sites is 1. The SMILES string of the molecule is CCC(C)CCC12CC[PH](c3cccc(Oc4ccccc4)c3)(CC1)OC2. The van der Waals surface area contributed by atoms with Crippen molar-refractivity contribution < 1.29 is 9.26 Å². The molecule has 0 amide bonds. The average Bonchev–Trinajstić information content (AvgIpc) is 2.74. The molecule has 0 saturated carbocycles. The van der Waals surface area contributed by atoms with Gasteiger partial charge in [0.25, 0.3) is 0 Å². The molecular weight excluding hydrogens is 351 g/mol. The zero-order valence-corrected chi connectivity index (χ0v) is 17.7. The molecule has 3 saturated heterocycles. The molecule has 1 atom stereocenters. The third-order valence-corrected chi connectivity index (χ3v) is 11.2. The number of fused-ring (bicyclic) bond motifs is 3. The van der Waals surface area contributed by atoms with Crippen LogP contribution in [0, 0.1) is 11.3 Å². The second-order valence-corrected chi connectivity index (χ2v) is 12.6. The molecule has 0 aliphatic carbocycles. The second kappa shape index (κ2) is 7.94. The summed E-state index contributed by atoms with van der Waals surface area (Å²) in [5.74, 6) is 2.67. The van der Waals surface area contributed by atoms with Crippen molar-refractivity contribution in [2.75, 3.05) is 18.9 Å². The number of ether oxygens (including phenoxy) is 1. The molecule has 5 rings (SSSR count). The van der Waals surface area contributed by atoms with Gasteiger partial charge in [0.2, 0.25) is 0 Å². The van der Waals surface area contributed by atoms with E-state index in [0.717, 1.165) is 24.0 Å². The van der Waals surface area contributed by atoms with E-state index in [0.29, 0.717) is 5.41 Å². The fourth-order valence-electron chi connectivity index (χ4n) is 4.68. The van der Waals surface area contributed by atoms with E-state index in [2.05, 4.69) is 38.1 Å². The van der Waals surface area contributed by atoms with Crippen molar-refractivity contribution in [2.24, 2.45) is 11.3 Å². The van der Waals surface area contributed by atoms with Gasteiger partial charge in [0.05, 0.1) is 0 Å². The summed E-state index contributed by atoms with van der Waals surface area (Å²) in [7, 11) is -1.81. The van der Waals surface area contributed by atoms with E-state index in [1.54, 1.807) is 0 Å². The minimum absolute atomic E-state index is 0.469. The molecule has 3 aliphatic heterocycles. The van der Waals surface area contributed by atoms with Crippen molar-refractivity contribution in [3.63, 3.8) is 0 Å². The summed E-state index contributed by atoms with van der Waals surface area (Å²) in [5.41, 5.74) is 0.469. The summed E-state index contributed by atoms with van der Waals surface area (Å²) in [5, 5.41) is 1.42. The van der Waals surface area contributed by atoms with Crippen molar-refractivity contribution in [2.45, 2.75) is 46.0 Å². The van der Waals surface area contributed by atoms with Crippen molar-refractivity contribution in [3.8, 4) is 11.5 Å². The fourth-order valence-corrected chi connectivity index (χ4v) is 9.22. The first kappa shape index (κ1) is 19.0. The molecule has 2 aromatic carbocycles. The van der Waals surface area contributed by atoms with Crippen LogP contribution in [-0.2, 0) is 4.52 Å². The summed E-state index contributed by atoms with van der Waals surface area (Å²) < 4.78 is 12.8. The Morgan fingerprint density at radius 3 is 2.44 bits per heavy atom. The number of benzene rings is 2. The molecule has 3 heterocycles. The third kappa shape index (κ3) is 4.08. The third-order valence-electron chi connectivity index (χ3n) is 6.98. The van der Waals surface area contributed by atoms with E-state index in [9.17, 15) is 0 Å². The molecule has 1 unspecified atom stereocenters. The van der Waals surface area contributed by atoms with Crippen LogP contribution in [0.4, 0.5) is 0 Å². The van der Waals surface area contributed by atoms with Crippen LogP contribution >= 0.6 is 7.49 Å². The standard InChI is InChI=1S/C24H33O2P/c1-3-20(2)12-13-24-14-16-27(17-15-24,25-19-24)23-11-7-10-22(18-23)26-21-8-5-4-6-9-21/h4-11,18,20,27H,3,12-17,19H2,1-2H3. The second-order valence-electron chi connectivity index (χ2n) is 8.78. The van der Waals surface area contributed by atoms with Gasteiger partial charge in [-0.05, 0) is 0 Å². The van der Waals surface area contributed by atoms with E-state index >= 15 is 0 Å². The van der Waals surface area contributed by atoms with Gasteiger partial charge in [-0.3, -0.25) is 0 Å². The summed E-state index contributed by atoms with van der Waals surface area (Å²) in [6.45, 7) is 5.68. The van der Waals surface area contributed by atoms with Gasteiger partial charge in [0, 0.05) is 0 Å². The van der Waals surface area contributed by atoms with Gasteiger partial charge in [-0.15, -0.1) is 0 Å². The first-order valence-corrected chi connectivity index (χ1v) is 12.9. The molecule has 3 heteroatoms. The molecule has 0 N–H and O–H groups in total. The molecule has 0 spiro atoms. The van der Waals surface area contributed by atoms with Gasteiger partial charge in [-0.2, -0.15) is 0 Å². The predicted molar refractivity (Wildman–Crippen MR) is 117 cm³/mol. The van der Waals surface area contributed by atoms with Crippen LogP contribution < -0.4 is 10.0 Å². The number of rotatable bonds is 7. The van der Waals surface area contributed by atoms with E-state index in [1.807, 2.05) is 30.3 Å². The number of hydrogen-bond acceptors (Lipinski definition) is 2. The Labute approximate surface area is 164 Å². The van der Waals surface area contributed by atoms with Crippen molar-refractivity contribution >= 4 is 12.8 Å². The topological polar surface area (TPSA) is 18.5 Å². The van der Waals surface area contributed by atoms with Crippen LogP contribution in [0.25, 0.3) is 0 Å². The summed E-state index contributed by atoms with van der Waals surface area (Å²) in [6, 6.07) is 18.8. The van der Waals surface area contributed by atoms with Crippen LogP contribution in [0.3, 0.4) is 0 Å². The van der Waals surface area contributed by atoms with E-state index in [-0.39, 0.29) is 0 Å². The number of hydrogen-bond donors (Lipinski definition) is 0. The molecule has 2 bridgehead atoms. The average molecular weight is 385 g/mol. The maximum absolute atomic E-state index is 6.71. The Morgan fingerprint density at radius 1 is 1.04 bits per heavy atom. The van der Waals surface area contributed by atoms with Crippen molar-refractivity contribution in [3.05, 3.63) is 54.6 Å². The molecule has 3 aliphatic rings. The van der Waals surface area contributed by atoms with Crippen LogP contribution in [0.1, 0.15) is 46.0 Å². The molecule has 3 fully saturated rings. The van der Waals surface area contributed by atoms with Crippen LogP contribution in [0.2, 0.25) is 0 Å². The van der Waals surface area contributed by atoms with Gasteiger partial charge in [-0.25, -0.2) is 0 Å². The quantitative estimate of drug-likeness (QED) is 0.514. The van der Waals surface area contributed by atoms with Gasteiger partial charge in [-0.1, -0.05) is 0 Å².